The highest BCUT2D eigenvalue weighted by atomic mass is 16.5. The first-order valence-electron chi connectivity index (χ1n) is 36.7. The summed E-state index contributed by atoms with van der Waals surface area (Å²) in [5.74, 6) is 6.91. The molecule has 4 heterocycles. The Morgan fingerprint density at radius 2 is 0.548 bits per heavy atom. The molecule has 4 atom stereocenters. The largest absolute Gasteiger partial charge is 0.497 e. The van der Waals surface area contributed by atoms with E-state index in [0.717, 1.165) is 167 Å². The van der Waals surface area contributed by atoms with Gasteiger partial charge in [0.05, 0.1) is 68.5 Å². The number of aryl methyl sites for hydroxylation is 8. The maximum atomic E-state index is 10.2. The van der Waals surface area contributed by atoms with E-state index >= 15 is 0 Å². The number of aliphatic hydroxyl groups is 4. The first kappa shape index (κ1) is 79.8. The third kappa shape index (κ3) is 28.6. The second-order valence-electron chi connectivity index (χ2n) is 26.5. The molecule has 8 aromatic rings. The van der Waals surface area contributed by atoms with E-state index in [2.05, 4.69) is 92.4 Å². The summed E-state index contributed by atoms with van der Waals surface area (Å²) in [4.78, 5) is 8.57. The molecule has 19 heteroatoms. The lowest BCUT2D eigenvalue weighted by molar-refractivity contribution is 0.0565. The Morgan fingerprint density at radius 1 is 0.298 bits per heavy atom. The summed E-state index contributed by atoms with van der Waals surface area (Å²) in [5.41, 5.74) is 9.54. The number of rotatable bonds is 36. The second kappa shape index (κ2) is 45.2. The van der Waals surface area contributed by atoms with Gasteiger partial charge in [-0.3, -0.25) is 14.7 Å². The Balaban J connectivity index is 0.000000161. The summed E-state index contributed by atoms with van der Waals surface area (Å²) in [7, 11) is 6.74. The SMILES string of the molecule is COc1cccc(CCc2ccccc2OCC(O)CN2CCCC2)c1.COc1cccc(CCc2ccccc2OCC(O)CN2CCOC2)c1.COc1cccc(CCc2ccccc2OC[C@@H](O)CN2CCOC2)c1.COc1cccc(CCc2ccccc2OC[C@H](O)CN2CCOC2)c1. The molecule has 560 valence electrons. The van der Waals surface area contributed by atoms with Gasteiger partial charge in [0.1, 0.15) is 96.8 Å². The minimum absolute atomic E-state index is 0.284. The summed E-state index contributed by atoms with van der Waals surface area (Å²) in [6.07, 6.45) is 7.62. The monoisotopic (exact) mass is 1430 g/mol. The Morgan fingerprint density at radius 3 is 0.788 bits per heavy atom. The molecule has 0 aliphatic carbocycles. The average molecular weight is 1430 g/mol. The fraction of sp³-hybridized carbons (Fsp3) is 0.435. The second-order valence-corrected chi connectivity index (χ2v) is 26.5. The van der Waals surface area contributed by atoms with Gasteiger partial charge in [-0.05, 0) is 195 Å². The maximum Gasteiger partial charge on any atom is 0.122 e. The number of hydrogen-bond acceptors (Lipinski definition) is 19. The van der Waals surface area contributed by atoms with Gasteiger partial charge < -0.3 is 77.4 Å². The number of hydrogen-bond donors (Lipinski definition) is 4. The third-order valence-corrected chi connectivity index (χ3v) is 18.4. The molecule has 0 saturated carbocycles. The molecule has 12 rings (SSSR count). The fourth-order valence-electron chi connectivity index (χ4n) is 12.7. The number of nitrogens with zero attached hydrogens (tertiary/aromatic N) is 4. The minimum atomic E-state index is -0.525. The topological polar surface area (TPSA) is 195 Å². The van der Waals surface area contributed by atoms with Gasteiger partial charge in [-0.1, -0.05) is 121 Å². The van der Waals surface area contributed by atoms with Crippen molar-refractivity contribution >= 4 is 0 Å². The summed E-state index contributed by atoms with van der Waals surface area (Å²) in [5, 5.41) is 40.8. The molecule has 0 radical (unpaired) electrons. The number of β-amino-alcohol motifs (C(OH)–C–C–N with tert-alkyl or cyclic N) is 4. The summed E-state index contributed by atoms with van der Waals surface area (Å²) < 4.78 is 60.7. The maximum absolute atomic E-state index is 10.2. The lowest BCUT2D eigenvalue weighted by atomic mass is 10.0. The molecule has 4 N–H and O–H groups in total. The van der Waals surface area contributed by atoms with Crippen molar-refractivity contribution in [3.8, 4) is 46.0 Å². The van der Waals surface area contributed by atoms with E-state index in [-0.39, 0.29) is 19.8 Å². The number of methoxy groups -OCH3 is 4. The summed E-state index contributed by atoms with van der Waals surface area (Å²) in [6, 6.07) is 64.7. The zero-order chi connectivity index (χ0) is 72.8. The molecule has 0 amide bonds. The molecule has 19 nitrogen and oxygen atoms in total. The Hall–Kier alpha value is -8.28. The predicted octanol–water partition coefficient (Wildman–Crippen LogP) is 10.8. The van der Waals surface area contributed by atoms with Gasteiger partial charge in [-0.15, -0.1) is 0 Å². The quantitative estimate of drug-likeness (QED) is 0.0289. The first-order valence-corrected chi connectivity index (χ1v) is 36.7. The van der Waals surface area contributed by atoms with Gasteiger partial charge in [-0.25, -0.2) is 0 Å². The van der Waals surface area contributed by atoms with Gasteiger partial charge >= 0.3 is 0 Å². The molecule has 0 spiro atoms. The van der Waals surface area contributed by atoms with Crippen molar-refractivity contribution in [1.29, 1.82) is 0 Å². The smallest absolute Gasteiger partial charge is 0.122 e. The molecule has 8 aromatic carbocycles. The number of ether oxygens (including phenoxy) is 11. The summed E-state index contributed by atoms with van der Waals surface area (Å²) in [6.45, 7) is 12.4. The highest BCUT2D eigenvalue weighted by Gasteiger charge is 2.22. The van der Waals surface area contributed by atoms with Crippen LogP contribution in [0.15, 0.2) is 194 Å². The number of para-hydroxylation sites is 4. The van der Waals surface area contributed by atoms with Crippen LogP contribution in [0, 0.1) is 0 Å². The van der Waals surface area contributed by atoms with E-state index in [9.17, 15) is 20.4 Å². The zero-order valence-corrected chi connectivity index (χ0v) is 61.4. The van der Waals surface area contributed by atoms with Crippen LogP contribution in [0.4, 0.5) is 0 Å². The number of aliphatic hydroxyl groups excluding tert-OH is 4. The van der Waals surface area contributed by atoms with Gasteiger partial charge in [0.15, 0.2) is 0 Å². The Labute approximate surface area is 616 Å². The van der Waals surface area contributed by atoms with Crippen molar-refractivity contribution in [3.63, 3.8) is 0 Å². The Kier molecular flexibility index (Phi) is 34.7. The molecule has 0 bridgehead atoms. The Bertz CT molecular complexity index is 3210. The standard InChI is InChI=1S/C22H29NO3.3C21H27NO4/c1-25-21-9-6-7-18(15-21)11-12-19-8-2-3-10-22(19)26-17-20(24)16-23-13-4-5-14-23;3*1-24-20-7-4-5-17(13-20)9-10-18-6-2-3-8-21(18)26-15-19(23)14-22-11-12-25-16-22/h2-3,6-10,15,20,24H,4-5,11-14,16-17H2,1H3;3*2-8,13,19,23H,9-12,14-16H2,1H3/t;2*19-;/m.10./s1. The van der Waals surface area contributed by atoms with Crippen LogP contribution in [-0.2, 0) is 65.6 Å². The van der Waals surface area contributed by atoms with Gasteiger partial charge in [0.25, 0.3) is 0 Å². The van der Waals surface area contributed by atoms with E-state index in [1.165, 1.54) is 40.7 Å². The van der Waals surface area contributed by atoms with Crippen LogP contribution in [-0.4, -0.2) is 218 Å². The van der Waals surface area contributed by atoms with Gasteiger partial charge in [0.2, 0.25) is 0 Å². The van der Waals surface area contributed by atoms with Crippen LogP contribution in [0.25, 0.3) is 0 Å². The van der Waals surface area contributed by atoms with E-state index in [4.69, 9.17) is 52.1 Å². The molecule has 4 saturated heterocycles. The lowest BCUT2D eigenvalue weighted by Gasteiger charge is -2.20. The molecule has 4 fully saturated rings. The lowest BCUT2D eigenvalue weighted by Crippen LogP contribution is -2.34. The minimum Gasteiger partial charge on any atom is -0.497 e. The fourth-order valence-corrected chi connectivity index (χ4v) is 12.7. The highest BCUT2D eigenvalue weighted by Crippen LogP contribution is 2.27. The molecule has 4 aliphatic heterocycles. The van der Waals surface area contributed by atoms with E-state index < -0.39 is 24.4 Å². The molecular weight excluding hydrogens is 1320 g/mol. The van der Waals surface area contributed by atoms with E-state index in [0.29, 0.717) is 53.0 Å². The van der Waals surface area contributed by atoms with Crippen molar-refractivity contribution in [2.45, 2.75) is 88.6 Å². The molecule has 2 unspecified atom stereocenters. The van der Waals surface area contributed by atoms with Gasteiger partial charge in [0, 0.05) is 45.8 Å². The van der Waals surface area contributed by atoms with Crippen molar-refractivity contribution in [1.82, 2.24) is 19.6 Å². The van der Waals surface area contributed by atoms with Crippen LogP contribution in [0.3, 0.4) is 0 Å². The molecule has 0 aromatic heterocycles. The van der Waals surface area contributed by atoms with Crippen LogP contribution >= 0.6 is 0 Å². The van der Waals surface area contributed by atoms with Crippen LogP contribution in [0.2, 0.25) is 0 Å². The molecule has 4 aliphatic rings. The van der Waals surface area contributed by atoms with Crippen molar-refractivity contribution < 1.29 is 72.5 Å². The van der Waals surface area contributed by atoms with E-state index in [1.54, 1.807) is 28.4 Å². The van der Waals surface area contributed by atoms with Crippen LogP contribution < -0.4 is 37.9 Å². The predicted molar refractivity (Wildman–Crippen MR) is 406 cm³/mol. The number of likely N-dealkylation sites (tertiary alicyclic amines) is 1. The van der Waals surface area contributed by atoms with Gasteiger partial charge in [-0.2, -0.15) is 0 Å². The molecule has 104 heavy (non-hydrogen) atoms. The van der Waals surface area contributed by atoms with Crippen molar-refractivity contribution in [3.05, 3.63) is 239 Å². The van der Waals surface area contributed by atoms with Crippen molar-refractivity contribution in [2.24, 2.45) is 0 Å². The average Bonchev–Trinajstić information content (AvgIpc) is 1.06. The number of benzene rings is 8. The molecular formula is C85H110N4O15. The summed E-state index contributed by atoms with van der Waals surface area (Å²) >= 11 is 0. The van der Waals surface area contributed by atoms with Crippen molar-refractivity contribution in [2.75, 3.05) is 154 Å². The normalized spacial score (nSPS) is 15.8. The van der Waals surface area contributed by atoms with Crippen LogP contribution in [0.5, 0.6) is 46.0 Å². The van der Waals surface area contributed by atoms with E-state index in [1.807, 2.05) is 121 Å². The zero-order valence-electron chi connectivity index (χ0n) is 61.4. The third-order valence-electron chi connectivity index (χ3n) is 18.4. The van der Waals surface area contributed by atoms with Crippen LogP contribution in [0.1, 0.15) is 57.3 Å². The first-order chi connectivity index (χ1) is 51.0. The highest BCUT2D eigenvalue weighted by molar-refractivity contribution is 5.39.